The maximum atomic E-state index is 11.5. The van der Waals surface area contributed by atoms with Gasteiger partial charge in [-0.15, -0.1) is 5.10 Å². The molecule has 0 bridgehead atoms. The molecule has 2 rings (SSSR count). The molecule has 0 fully saturated rings. The number of rotatable bonds is 3. The molecule has 90 valence electrons. The number of hydrogen-bond donors (Lipinski definition) is 1. The van der Waals surface area contributed by atoms with E-state index in [2.05, 4.69) is 24.4 Å². The lowest BCUT2D eigenvalue weighted by molar-refractivity contribution is 0.0957. The van der Waals surface area contributed by atoms with Crippen LogP contribution in [0.5, 0.6) is 0 Å². The van der Waals surface area contributed by atoms with Gasteiger partial charge < -0.3 is 5.32 Å². The van der Waals surface area contributed by atoms with Crippen LogP contribution in [0, 0.1) is 13.8 Å². The molecule has 0 spiro atoms. The zero-order chi connectivity index (χ0) is 12.4. The van der Waals surface area contributed by atoms with Gasteiger partial charge in [-0.25, -0.2) is 4.68 Å². The molecule has 1 amide bonds. The highest BCUT2D eigenvalue weighted by Crippen LogP contribution is 2.09. The average Bonchev–Trinajstić information content (AvgIpc) is 2.87. The van der Waals surface area contributed by atoms with Gasteiger partial charge in [0.2, 0.25) is 0 Å². The molecule has 2 aromatic heterocycles. The van der Waals surface area contributed by atoms with Gasteiger partial charge in [0.05, 0.1) is 35.4 Å². The van der Waals surface area contributed by atoms with Crippen molar-refractivity contribution in [1.29, 1.82) is 0 Å². The molecule has 0 radical (unpaired) electrons. The van der Waals surface area contributed by atoms with Crippen LogP contribution in [0.2, 0.25) is 0 Å². The lowest BCUT2D eigenvalue weighted by Gasteiger charge is -2.01. The molecular weight excluding hydrogens is 240 g/mol. The fourth-order valence-electron chi connectivity index (χ4n) is 1.37. The molecule has 1 N–H and O–H groups in total. The van der Waals surface area contributed by atoms with Crippen LogP contribution < -0.4 is 5.32 Å². The van der Waals surface area contributed by atoms with E-state index in [1.807, 2.05) is 6.92 Å². The summed E-state index contributed by atoms with van der Waals surface area (Å²) in [5.74, 6) is -0.234. The monoisotopic (exact) mass is 252 g/mol. The first-order valence-electron chi connectivity index (χ1n) is 5.03. The standard InChI is InChI=1S/C9H12N6OS/c1-5-7(13-17-12-5)4-15-6(2)8(11-14-15)9(16)10-3/h4H2,1-3H3,(H,10,16). The highest BCUT2D eigenvalue weighted by atomic mass is 32.1. The largest absolute Gasteiger partial charge is 0.354 e. The second-order valence-corrected chi connectivity index (χ2v) is 4.09. The van der Waals surface area contributed by atoms with Crippen LogP contribution in [-0.4, -0.2) is 36.7 Å². The highest BCUT2D eigenvalue weighted by Gasteiger charge is 2.16. The molecule has 2 heterocycles. The predicted molar refractivity (Wildman–Crippen MR) is 61.9 cm³/mol. The molecule has 0 saturated carbocycles. The van der Waals surface area contributed by atoms with E-state index in [4.69, 9.17) is 0 Å². The summed E-state index contributed by atoms with van der Waals surface area (Å²) in [4.78, 5) is 11.5. The summed E-state index contributed by atoms with van der Waals surface area (Å²) >= 11 is 1.17. The van der Waals surface area contributed by atoms with Gasteiger partial charge in [-0.1, -0.05) is 5.21 Å². The zero-order valence-electron chi connectivity index (χ0n) is 9.76. The molecule has 0 atom stereocenters. The minimum atomic E-state index is -0.234. The van der Waals surface area contributed by atoms with Crippen LogP contribution in [0.4, 0.5) is 0 Å². The van der Waals surface area contributed by atoms with Gasteiger partial charge >= 0.3 is 0 Å². The second-order valence-electron chi connectivity index (χ2n) is 3.56. The highest BCUT2D eigenvalue weighted by molar-refractivity contribution is 6.99. The molecule has 0 saturated heterocycles. The zero-order valence-corrected chi connectivity index (χ0v) is 10.6. The molecule has 2 aromatic rings. The van der Waals surface area contributed by atoms with Crippen LogP contribution in [0.1, 0.15) is 27.6 Å². The summed E-state index contributed by atoms with van der Waals surface area (Å²) in [6, 6.07) is 0. The Kier molecular flexibility index (Phi) is 3.14. The molecule has 0 aliphatic rings. The Balaban J connectivity index is 2.26. The van der Waals surface area contributed by atoms with E-state index in [1.165, 1.54) is 11.7 Å². The molecular formula is C9H12N6OS. The first kappa shape index (κ1) is 11.6. The van der Waals surface area contributed by atoms with Crippen LogP contribution >= 0.6 is 11.7 Å². The Labute approximate surface area is 102 Å². The molecule has 0 aromatic carbocycles. The van der Waals surface area contributed by atoms with Gasteiger partial charge in [0.1, 0.15) is 0 Å². The predicted octanol–water partition coefficient (Wildman–Crippen LogP) is 0.154. The molecule has 0 aliphatic carbocycles. The van der Waals surface area contributed by atoms with Gasteiger partial charge in [-0.2, -0.15) is 8.75 Å². The Morgan fingerprint density at radius 3 is 2.76 bits per heavy atom. The van der Waals surface area contributed by atoms with E-state index in [-0.39, 0.29) is 5.91 Å². The van der Waals surface area contributed by atoms with Crippen LogP contribution in [-0.2, 0) is 6.54 Å². The number of nitrogens with one attached hydrogen (secondary N) is 1. The number of nitrogens with zero attached hydrogens (tertiary/aromatic N) is 5. The molecule has 8 heteroatoms. The molecule has 0 aliphatic heterocycles. The minimum absolute atomic E-state index is 0.234. The molecule has 7 nitrogen and oxygen atoms in total. The number of carbonyl (C=O) groups excluding carboxylic acids is 1. The smallest absolute Gasteiger partial charge is 0.273 e. The minimum Gasteiger partial charge on any atom is -0.354 e. The third kappa shape index (κ3) is 2.16. The van der Waals surface area contributed by atoms with Crippen molar-refractivity contribution >= 4 is 17.6 Å². The normalized spacial score (nSPS) is 10.5. The van der Waals surface area contributed by atoms with E-state index >= 15 is 0 Å². The SMILES string of the molecule is CNC(=O)c1nnn(Cc2nsnc2C)c1C. The van der Waals surface area contributed by atoms with Crippen molar-refractivity contribution in [2.75, 3.05) is 7.05 Å². The Bertz CT molecular complexity index is 545. The molecule has 17 heavy (non-hydrogen) atoms. The summed E-state index contributed by atoms with van der Waals surface area (Å²) in [5, 5.41) is 10.3. The van der Waals surface area contributed by atoms with Crippen LogP contribution in [0.25, 0.3) is 0 Å². The van der Waals surface area contributed by atoms with Crippen LogP contribution in [0.3, 0.4) is 0 Å². The summed E-state index contributed by atoms with van der Waals surface area (Å²) in [5.41, 5.74) is 2.79. The van der Waals surface area contributed by atoms with Gasteiger partial charge in [0, 0.05) is 7.05 Å². The maximum absolute atomic E-state index is 11.5. The quantitative estimate of drug-likeness (QED) is 0.840. The average molecular weight is 252 g/mol. The number of hydrogen-bond acceptors (Lipinski definition) is 6. The van der Waals surface area contributed by atoms with E-state index in [1.54, 1.807) is 18.7 Å². The van der Waals surface area contributed by atoms with E-state index in [9.17, 15) is 4.79 Å². The number of carbonyl (C=O) groups is 1. The fourth-order valence-corrected chi connectivity index (χ4v) is 1.93. The number of amides is 1. The van der Waals surface area contributed by atoms with Gasteiger partial charge in [0.15, 0.2) is 5.69 Å². The topological polar surface area (TPSA) is 85.6 Å². The van der Waals surface area contributed by atoms with Gasteiger partial charge in [-0.3, -0.25) is 4.79 Å². The van der Waals surface area contributed by atoms with Gasteiger partial charge in [-0.05, 0) is 13.8 Å². The number of aromatic nitrogens is 5. The Morgan fingerprint density at radius 2 is 2.18 bits per heavy atom. The van der Waals surface area contributed by atoms with Gasteiger partial charge in [0.25, 0.3) is 5.91 Å². The van der Waals surface area contributed by atoms with E-state index in [0.717, 1.165) is 17.1 Å². The fraction of sp³-hybridized carbons (Fsp3) is 0.444. The second kappa shape index (κ2) is 4.58. The lowest BCUT2D eigenvalue weighted by atomic mass is 10.3. The first-order chi connectivity index (χ1) is 8.13. The third-order valence-electron chi connectivity index (χ3n) is 2.47. The molecule has 0 unspecified atom stereocenters. The maximum Gasteiger partial charge on any atom is 0.273 e. The number of aryl methyl sites for hydroxylation is 1. The van der Waals surface area contributed by atoms with Crippen molar-refractivity contribution in [3.05, 3.63) is 22.8 Å². The lowest BCUT2D eigenvalue weighted by Crippen LogP contribution is -2.19. The summed E-state index contributed by atoms with van der Waals surface area (Å²) < 4.78 is 9.91. The van der Waals surface area contributed by atoms with E-state index < -0.39 is 0 Å². The van der Waals surface area contributed by atoms with Crippen molar-refractivity contribution in [3.63, 3.8) is 0 Å². The van der Waals surface area contributed by atoms with E-state index in [0.29, 0.717) is 12.2 Å². The van der Waals surface area contributed by atoms with Crippen molar-refractivity contribution < 1.29 is 4.79 Å². The first-order valence-corrected chi connectivity index (χ1v) is 5.76. The Morgan fingerprint density at radius 1 is 1.41 bits per heavy atom. The van der Waals surface area contributed by atoms with Crippen molar-refractivity contribution in [3.8, 4) is 0 Å². The van der Waals surface area contributed by atoms with Crippen LogP contribution in [0.15, 0.2) is 0 Å². The van der Waals surface area contributed by atoms with Crippen molar-refractivity contribution in [2.45, 2.75) is 20.4 Å². The van der Waals surface area contributed by atoms with Crippen molar-refractivity contribution in [2.24, 2.45) is 0 Å². The van der Waals surface area contributed by atoms with Crippen molar-refractivity contribution in [1.82, 2.24) is 29.1 Å². The summed E-state index contributed by atoms with van der Waals surface area (Å²) in [6.45, 7) is 4.18. The Hall–Kier alpha value is -1.83. The third-order valence-corrected chi connectivity index (χ3v) is 3.13. The summed E-state index contributed by atoms with van der Waals surface area (Å²) in [6.07, 6.45) is 0. The summed E-state index contributed by atoms with van der Waals surface area (Å²) in [7, 11) is 1.56.